The normalized spacial score (nSPS) is 17.9. The molecule has 0 spiro atoms. The summed E-state index contributed by atoms with van der Waals surface area (Å²) in [4.78, 5) is 0. The van der Waals surface area contributed by atoms with Gasteiger partial charge in [0, 0.05) is 18.6 Å². The number of ether oxygens (including phenoxy) is 1. The quantitative estimate of drug-likeness (QED) is 0.839. The van der Waals surface area contributed by atoms with E-state index in [1.54, 1.807) is 0 Å². The van der Waals surface area contributed by atoms with Crippen LogP contribution < -0.4 is 10.1 Å². The molecule has 1 aromatic carbocycles. The molecule has 0 amide bonds. The van der Waals surface area contributed by atoms with E-state index in [2.05, 4.69) is 5.32 Å². The largest absolute Gasteiger partial charge is 0.489 e. The lowest BCUT2D eigenvalue weighted by Gasteiger charge is -2.27. The van der Waals surface area contributed by atoms with E-state index >= 15 is 0 Å². The summed E-state index contributed by atoms with van der Waals surface area (Å²) in [5.41, 5.74) is 0.176. The van der Waals surface area contributed by atoms with E-state index in [-0.39, 0.29) is 17.5 Å². The lowest BCUT2D eigenvalue weighted by molar-refractivity contribution is 0.275. The molecule has 0 aromatic heterocycles. The lowest BCUT2D eigenvalue weighted by atomic mass is 10.1. The van der Waals surface area contributed by atoms with Gasteiger partial charge in [-0.3, -0.25) is 0 Å². The topological polar surface area (TPSA) is 45.0 Å². The number of benzene rings is 1. The average Bonchev–Trinajstić information content (AvgIpc) is 2.26. The van der Waals surface area contributed by atoms with Crippen LogP contribution in [0.5, 0.6) is 5.75 Å². The third kappa shape index (κ3) is 2.06. The van der Waals surface area contributed by atoms with Gasteiger partial charge in [-0.1, -0.05) is 0 Å². The van der Waals surface area contributed by atoms with Crippen molar-refractivity contribution in [3.8, 4) is 11.8 Å². The van der Waals surface area contributed by atoms with Crippen LogP contribution in [0.2, 0.25) is 0 Å². The highest BCUT2D eigenvalue weighted by molar-refractivity contribution is 5.59. The summed E-state index contributed by atoms with van der Waals surface area (Å²) in [6.07, 6.45) is 0.950. The summed E-state index contributed by atoms with van der Waals surface area (Å²) in [7, 11) is 0. The van der Waals surface area contributed by atoms with E-state index in [4.69, 9.17) is 10.00 Å². The van der Waals surface area contributed by atoms with Gasteiger partial charge in [-0.05, 0) is 6.42 Å². The highest BCUT2D eigenvalue weighted by Gasteiger charge is 2.22. The van der Waals surface area contributed by atoms with Gasteiger partial charge in [0.25, 0.3) is 0 Å². The Kier molecular flexibility index (Phi) is 2.91. The Hall–Kier alpha value is -1.83. The molecule has 1 heterocycles. The van der Waals surface area contributed by atoms with Crippen LogP contribution >= 0.6 is 0 Å². The molecule has 1 unspecified atom stereocenters. The van der Waals surface area contributed by atoms with Crippen LogP contribution in [-0.4, -0.2) is 12.6 Å². The molecule has 1 N–H and O–H groups in total. The second kappa shape index (κ2) is 4.35. The standard InChI is InChI=1S/C11H10F2N2O/c12-7-4-9(13)11-10(5-7)16-6-8(15-11)2-1-3-14/h4-5,8,15H,1-2,6H2. The Morgan fingerprint density at radius 2 is 2.31 bits per heavy atom. The number of hydrogen-bond donors (Lipinski definition) is 1. The first-order valence-corrected chi connectivity index (χ1v) is 4.96. The molecule has 3 nitrogen and oxygen atoms in total. The molecule has 0 fully saturated rings. The Labute approximate surface area is 91.6 Å². The van der Waals surface area contributed by atoms with Gasteiger partial charge in [-0.2, -0.15) is 5.26 Å². The molecule has 5 heteroatoms. The number of halogens is 2. The number of nitrogens with one attached hydrogen (secondary N) is 1. The van der Waals surface area contributed by atoms with Crippen molar-refractivity contribution in [2.24, 2.45) is 0 Å². The lowest BCUT2D eigenvalue weighted by Crippen LogP contribution is -2.31. The van der Waals surface area contributed by atoms with Crippen molar-refractivity contribution in [2.75, 3.05) is 11.9 Å². The van der Waals surface area contributed by atoms with Gasteiger partial charge in [-0.15, -0.1) is 0 Å². The first-order valence-electron chi connectivity index (χ1n) is 4.96. The Bertz CT molecular complexity index is 442. The predicted octanol–water partition coefficient (Wildman–Crippen LogP) is 2.44. The Morgan fingerprint density at radius 1 is 1.50 bits per heavy atom. The number of hydrogen-bond acceptors (Lipinski definition) is 3. The van der Waals surface area contributed by atoms with Crippen molar-refractivity contribution in [3.63, 3.8) is 0 Å². The van der Waals surface area contributed by atoms with Gasteiger partial charge in [0.2, 0.25) is 0 Å². The number of rotatable bonds is 2. The van der Waals surface area contributed by atoms with Gasteiger partial charge >= 0.3 is 0 Å². The number of nitriles is 1. The van der Waals surface area contributed by atoms with E-state index in [1.807, 2.05) is 6.07 Å². The van der Waals surface area contributed by atoms with Gasteiger partial charge in [0.05, 0.1) is 12.1 Å². The highest BCUT2D eigenvalue weighted by atomic mass is 19.1. The summed E-state index contributed by atoms with van der Waals surface area (Å²) < 4.78 is 31.5. The molecule has 2 rings (SSSR count). The highest BCUT2D eigenvalue weighted by Crippen LogP contribution is 2.33. The number of nitrogens with zero attached hydrogens (tertiary/aromatic N) is 1. The maximum absolute atomic E-state index is 13.4. The maximum atomic E-state index is 13.4. The number of fused-ring (bicyclic) bond motifs is 1. The van der Waals surface area contributed by atoms with Gasteiger partial charge in [0.15, 0.2) is 5.82 Å². The summed E-state index contributed by atoms with van der Waals surface area (Å²) in [5, 5.41) is 11.4. The molecule has 1 aromatic rings. The second-order valence-corrected chi connectivity index (χ2v) is 3.61. The van der Waals surface area contributed by atoms with E-state index in [0.717, 1.165) is 12.1 Å². The van der Waals surface area contributed by atoms with Gasteiger partial charge in [-0.25, -0.2) is 8.78 Å². The fraction of sp³-hybridized carbons (Fsp3) is 0.364. The fourth-order valence-electron chi connectivity index (χ4n) is 1.63. The third-order valence-electron chi connectivity index (χ3n) is 2.41. The Morgan fingerprint density at radius 3 is 3.06 bits per heavy atom. The minimum Gasteiger partial charge on any atom is -0.489 e. The van der Waals surface area contributed by atoms with Crippen LogP contribution in [0.25, 0.3) is 0 Å². The molecule has 0 saturated carbocycles. The summed E-state index contributed by atoms with van der Waals surface area (Å²) in [6, 6.07) is 3.86. The van der Waals surface area contributed by atoms with Crippen molar-refractivity contribution >= 4 is 5.69 Å². The third-order valence-corrected chi connectivity index (χ3v) is 2.41. The SMILES string of the molecule is N#CCCC1COc2cc(F)cc(F)c2N1. The van der Waals surface area contributed by atoms with Crippen molar-refractivity contribution < 1.29 is 13.5 Å². The predicted molar refractivity (Wildman–Crippen MR) is 54.1 cm³/mol. The first-order chi connectivity index (χ1) is 7.70. The van der Waals surface area contributed by atoms with E-state index < -0.39 is 11.6 Å². The molecule has 84 valence electrons. The summed E-state index contributed by atoms with van der Waals surface area (Å²) >= 11 is 0. The van der Waals surface area contributed by atoms with Crippen molar-refractivity contribution in [2.45, 2.75) is 18.9 Å². The summed E-state index contributed by atoms with van der Waals surface area (Å²) in [5.74, 6) is -1.14. The molecule has 0 aliphatic carbocycles. The van der Waals surface area contributed by atoms with Crippen LogP contribution in [0.3, 0.4) is 0 Å². The van der Waals surface area contributed by atoms with Crippen molar-refractivity contribution in [1.29, 1.82) is 5.26 Å². The molecule has 16 heavy (non-hydrogen) atoms. The van der Waals surface area contributed by atoms with Crippen LogP contribution in [0.15, 0.2) is 12.1 Å². The summed E-state index contributed by atoms with van der Waals surface area (Å²) in [6.45, 7) is 0.317. The van der Waals surface area contributed by atoms with E-state index in [1.165, 1.54) is 0 Å². The van der Waals surface area contributed by atoms with Crippen LogP contribution in [-0.2, 0) is 0 Å². The molecule has 0 radical (unpaired) electrons. The molecule has 1 aliphatic rings. The molecular formula is C11H10F2N2O. The molecular weight excluding hydrogens is 214 g/mol. The minimum atomic E-state index is -0.670. The van der Waals surface area contributed by atoms with E-state index in [0.29, 0.717) is 19.4 Å². The molecule has 0 bridgehead atoms. The second-order valence-electron chi connectivity index (χ2n) is 3.61. The van der Waals surface area contributed by atoms with Crippen molar-refractivity contribution in [1.82, 2.24) is 0 Å². The van der Waals surface area contributed by atoms with E-state index in [9.17, 15) is 8.78 Å². The van der Waals surface area contributed by atoms with Crippen LogP contribution in [0, 0.1) is 23.0 Å². The monoisotopic (exact) mass is 224 g/mol. The first kappa shape index (κ1) is 10.7. The van der Waals surface area contributed by atoms with Gasteiger partial charge in [0.1, 0.15) is 23.9 Å². The smallest absolute Gasteiger partial charge is 0.153 e. The minimum absolute atomic E-state index is 0.105. The fourth-order valence-corrected chi connectivity index (χ4v) is 1.63. The maximum Gasteiger partial charge on any atom is 0.153 e. The molecule has 1 atom stereocenters. The zero-order chi connectivity index (χ0) is 11.5. The van der Waals surface area contributed by atoms with Crippen LogP contribution in [0.1, 0.15) is 12.8 Å². The molecule has 1 aliphatic heterocycles. The molecule has 0 saturated heterocycles. The zero-order valence-corrected chi connectivity index (χ0v) is 8.46. The average molecular weight is 224 g/mol. The number of anilines is 1. The zero-order valence-electron chi connectivity index (χ0n) is 8.46. The van der Waals surface area contributed by atoms with Gasteiger partial charge < -0.3 is 10.1 Å². The van der Waals surface area contributed by atoms with Crippen LogP contribution in [0.4, 0.5) is 14.5 Å². The van der Waals surface area contributed by atoms with Crippen molar-refractivity contribution in [3.05, 3.63) is 23.8 Å². The Balaban J connectivity index is 2.17.